The van der Waals surface area contributed by atoms with E-state index in [0.717, 1.165) is 18.0 Å². The van der Waals surface area contributed by atoms with Crippen molar-refractivity contribution in [2.45, 2.75) is 56.5 Å². The minimum atomic E-state index is 0.799. The molecule has 1 unspecified atom stereocenters. The Balaban J connectivity index is 1.15. The van der Waals surface area contributed by atoms with Crippen LogP contribution in [0.1, 0.15) is 50.0 Å². The second-order valence-corrected chi connectivity index (χ2v) is 8.35. The molecule has 0 N–H and O–H groups in total. The van der Waals surface area contributed by atoms with Gasteiger partial charge in [-0.1, -0.05) is 18.6 Å². The third-order valence-corrected chi connectivity index (χ3v) is 6.96. The van der Waals surface area contributed by atoms with Crippen LogP contribution in [-0.4, -0.2) is 61.2 Å². The lowest BCUT2D eigenvalue weighted by molar-refractivity contribution is 0.0577. The van der Waals surface area contributed by atoms with Crippen LogP contribution in [-0.2, 0) is 0 Å². The minimum Gasteiger partial charge on any atom is -0.372 e. The number of hydrogen-bond donors (Lipinski definition) is 0. The van der Waals surface area contributed by atoms with E-state index in [4.69, 9.17) is 0 Å². The summed E-state index contributed by atoms with van der Waals surface area (Å²) in [5.74, 6) is 0.799. The molecular weight excluding hydrogens is 294 g/mol. The van der Waals surface area contributed by atoms with Crippen LogP contribution in [0.3, 0.4) is 0 Å². The Bertz CT molecular complexity index is 551. The number of nitrogens with zero attached hydrogens (tertiary/aromatic N) is 3. The Labute approximate surface area is 146 Å². The molecule has 5 rings (SSSR count). The van der Waals surface area contributed by atoms with E-state index in [-0.39, 0.29) is 0 Å². The third-order valence-electron chi connectivity index (χ3n) is 6.96. The zero-order chi connectivity index (χ0) is 15.9. The zero-order valence-corrected chi connectivity index (χ0v) is 14.9. The molecule has 4 fully saturated rings. The third kappa shape index (κ3) is 2.86. The quantitative estimate of drug-likeness (QED) is 0.841. The highest BCUT2D eigenvalue weighted by molar-refractivity contribution is 5.49. The first-order valence-electron chi connectivity index (χ1n) is 10.2. The maximum absolute atomic E-state index is 2.77. The number of benzene rings is 1. The Morgan fingerprint density at radius 3 is 2.00 bits per heavy atom. The van der Waals surface area contributed by atoms with Crippen molar-refractivity contribution in [1.29, 1.82) is 0 Å². The van der Waals surface area contributed by atoms with Gasteiger partial charge in [0.15, 0.2) is 0 Å². The van der Waals surface area contributed by atoms with Crippen molar-refractivity contribution in [2.24, 2.45) is 0 Å². The average Bonchev–Trinajstić information content (AvgIpc) is 3.19. The lowest BCUT2D eigenvalue weighted by atomic mass is 9.91. The first-order chi connectivity index (χ1) is 11.9. The number of anilines is 1. The molecule has 24 heavy (non-hydrogen) atoms. The number of rotatable bonds is 4. The van der Waals surface area contributed by atoms with Gasteiger partial charge < -0.3 is 4.90 Å². The van der Waals surface area contributed by atoms with E-state index in [1.807, 2.05) is 0 Å². The fourth-order valence-corrected chi connectivity index (χ4v) is 5.04. The van der Waals surface area contributed by atoms with E-state index in [1.54, 1.807) is 5.56 Å². The van der Waals surface area contributed by atoms with Crippen molar-refractivity contribution in [1.82, 2.24) is 9.80 Å². The van der Waals surface area contributed by atoms with Crippen molar-refractivity contribution in [3.05, 3.63) is 29.8 Å². The monoisotopic (exact) mass is 325 g/mol. The van der Waals surface area contributed by atoms with Gasteiger partial charge in [0.2, 0.25) is 0 Å². The maximum Gasteiger partial charge on any atom is 0.0366 e. The molecule has 0 spiro atoms. The summed E-state index contributed by atoms with van der Waals surface area (Å²) in [7, 11) is 0. The molecule has 1 aromatic rings. The largest absolute Gasteiger partial charge is 0.372 e. The molecule has 3 nitrogen and oxygen atoms in total. The van der Waals surface area contributed by atoms with Gasteiger partial charge in [-0.25, -0.2) is 0 Å². The molecule has 1 aromatic carbocycles. The number of hydrogen-bond acceptors (Lipinski definition) is 3. The summed E-state index contributed by atoms with van der Waals surface area (Å²) in [5, 5.41) is 0. The predicted molar refractivity (Wildman–Crippen MR) is 99.8 cm³/mol. The van der Waals surface area contributed by atoms with Crippen LogP contribution < -0.4 is 4.90 Å². The van der Waals surface area contributed by atoms with Gasteiger partial charge in [0.1, 0.15) is 0 Å². The highest BCUT2D eigenvalue weighted by Crippen LogP contribution is 2.45. The molecule has 2 aliphatic heterocycles. The highest BCUT2D eigenvalue weighted by Gasteiger charge is 2.43. The van der Waals surface area contributed by atoms with Gasteiger partial charge in [-0.15, -0.1) is 0 Å². The van der Waals surface area contributed by atoms with Crippen molar-refractivity contribution in [2.75, 3.05) is 44.2 Å². The summed E-state index contributed by atoms with van der Waals surface area (Å²) in [4.78, 5) is 8.06. The van der Waals surface area contributed by atoms with Gasteiger partial charge in [-0.3, -0.25) is 9.80 Å². The van der Waals surface area contributed by atoms with E-state index in [0.29, 0.717) is 0 Å². The Kier molecular flexibility index (Phi) is 4.02. The summed E-state index contributed by atoms with van der Waals surface area (Å²) in [5.41, 5.74) is 3.01. The van der Waals surface area contributed by atoms with Crippen LogP contribution >= 0.6 is 0 Å². The average molecular weight is 326 g/mol. The lowest BCUT2D eigenvalue weighted by Gasteiger charge is -2.43. The summed E-state index contributed by atoms with van der Waals surface area (Å²) in [6, 6.07) is 11.3. The van der Waals surface area contributed by atoms with E-state index >= 15 is 0 Å². The van der Waals surface area contributed by atoms with Crippen LogP contribution in [0.4, 0.5) is 5.69 Å². The van der Waals surface area contributed by atoms with Gasteiger partial charge >= 0.3 is 0 Å². The summed E-state index contributed by atoms with van der Waals surface area (Å²) in [6.07, 6.45) is 8.47. The lowest BCUT2D eigenvalue weighted by Crippen LogP contribution is -2.52. The summed E-state index contributed by atoms with van der Waals surface area (Å²) in [6.45, 7) is 7.70. The van der Waals surface area contributed by atoms with Crippen LogP contribution in [0.25, 0.3) is 0 Å². The Hall–Kier alpha value is -1.06. The molecule has 130 valence electrons. The van der Waals surface area contributed by atoms with Gasteiger partial charge in [-0.2, -0.15) is 0 Å². The molecule has 0 bridgehead atoms. The fourth-order valence-electron chi connectivity index (χ4n) is 5.04. The van der Waals surface area contributed by atoms with Gasteiger partial charge in [0, 0.05) is 63.0 Å². The molecule has 0 aromatic heterocycles. The van der Waals surface area contributed by atoms with Crippen molar-refractivity contribution >= 4 is 5.69 Å². The normalized spacial score (nSPS) is 32.1. The van der Waals surface area contributed by atoms with Crippen LogP contribution in [0.15, 0.2) is 24.3 Å². The highest BCUT2D eigenvalue weighted by atomic mass is 15.3. The minimum absolute atomic E-state index is 0.799. The van der Waals surface area contributed by atoms with E-state index < -0.39 is 0 Å². The maximum atomic E-state index is 2.77. The Morgan fingerprint density at radius 2 is 1.38 bits per heavy atom. The standard InChI is InChI=1S/C21H31N3/c1-2-11-22(10-1)19-8-6-17(7-9-19)20-16-21(20)24-14-12-23(13-15-24)18-4-3-5-18/h6-9,18,20-21H,1-5,10-16H2/t20-,21?/m0/s1. The Morgan fingerprint density at radius 1 is 0.708 bits per heavy atom. The van der Waals surface area contributed by atoms with E-state index in [2.05, 4.69) is 39.0 Å². The molecule has 2 saturated heterocycles. The molecule has 2 atom stereocenters. The van der Waals surface area contributed by atoms with Gasteiger partial charge in [0.25, 0.3) is 0 Å². The molecular formula is C21H31N3. The fraction of sp³-hybridized carbons (Fsp3) is 0.714. The van der Waals surface area contributed by atoms with Crippen molar-refractivity contribution < 1.29 is 0 Å². The van der Waals surface area contributed by atoms with Crippen LogP contribution in [0, 0.1) is 0 Å². The van der Waals surface area contributed by atoms with Crippen molar-refractivity contribution in [3.8, 4) is 0 Å². The molecule has 2 saturated carbocycles. The van der Waals surface area contributed by atoms with Crippen molar-refractivity contribution in [3.63, 3.8) is 0 Å². The second kappa shape index (κ2) is 6.34. The summed E-state index contributed by atoms with van der Waals surface area (Å²) >= 11 is 0. The smallest absolute Gasteiger partial charge is 0.0366 e. The zero-order valence-electron chi connectivity index (χ0n) is 14.9. The molecule has 2 heterocycles. The topological polar surface area (TPSA) is 9.72 Å². The first-order valence-corrected chi connectivity index (χ1v) is 10.2. The number of piperazine rings is 1. The van der Waals surface area contributed by atoms with Gasteiger partial charge in [0.05, 0.1) is 0 Å². The molecule has 3 heteroatoms. The summed E-state index contributed by atoms with van der Waals surface area (Å²) < 4.78 is 0. The second-order valence-electron chi connectivity index (χ2n) is 8.35. The molecule has 0 amide bonds. The van der Waals surface area contributed by atoms with Crippen LogP contribution in [0.5, 0.6) is 0 Å². The molecule has 2 aliphatic carbocycles. The van der Waals surface area contributed by atoms with Crippen LogP contribution in [0.2, 0.25) is 0 Å². The molecule has 0 radical (unpaired) electrons. The van der Waals surface area contributed by atoms with E-state index in [9.17, 15) is 0 Å². The first kappa shape index (κ1) is 15.2. The SMILES string of the molecule is c1cc(N2CCCC2)ccc1[C@@H]1CC1N1CCN(C2CCC2)CC1. The molecule has 4 aliphatic rings. The predicted octanol–water partition coefficient (Wildman–Crippen LogP) is 3.31. The van der Waals surface area contributed by atoms with E-state index in [1.165, 1.54) is 83.5 Å². The van der Waals surface area contributed by atoms with Gasteiger partial charge in [-0.05, 0) is 49.8 Å².